The summed E-state index contributed by atoms with van der Waals surface area (Å²) in [6.45, 7) is 1.27. The fraction of sp³-hybridized carbons (Fsp3) is 0.500. The first kappa shape index (κ1) is 13.3. The number of nitrogens with two attached hydrogens (primary N) is 1. The topological polar surface area (TPSA) is 38.5 Å². The predicted octanol–water partition coefficient (Wildman–Crippen LogP) is 2.00. The number of hydrogen-bond acceptors (Lipinski definition) is 3. The van der Waals surface area contributed by atoms with Gasteiger partial charge in [0.25, 0.3) is 0 Å². The molecule has 16 heavy (non-hydrogen) atoms. The van der Waals surface area contributed by atoms with E-state index in [1.165, 1.54) is 0 Å². The van der Waals surface area contributed by atoms with Crippen LogP contribution in [0, 0.1) is 0 Å². The molecule has 0 saturated heterocycles. The third kappa shape index (κ3) is 4.00. The van der Waals surface area contributed by atoms with E-state index < -0.39 is 0 Å². The molecule has 1 atom stereocenters. The minimum absolute atomic E-state index is 0.350. The van der Waals surface area contributed by atoms with E-state index in [1.807, 2.05) is 38.4 Å². The number of benzene rings is 1. The lowest BCUT2D eigenvalue weighted by Crippen LogP contribution is -2.36. The van der Waals surface area contributed by atoms with Crippen LogP contribution < -0.4 is 10.5 Å². The molecule has 0 radical (unpaired) electrons. The molecule has 2 N–H and O–H groups in total. The maximum Gasteiger partial charge on any atom is 0.137 e. The SMILES string of the molecule is CN(C)C(CN)CCOc1ccccc1Cl. The van der Waals surface area contributed by atoms with Gasteiger partial charge in [0.05, 0.1) is 11.6 Å². The van der Waals surface area contributed by atoms with Gasteiger partial charge in [-0.2, -0.15) is 0 Å². The Bertz CT molecular complexity index is 318. The van der Waals surface area contributed by atoms with E-state index in [0.29, 0.717) is 24.2 Å². The summed E-state index contributed by atoms with van der Waals surface area (Å²) in [5.41, 5.74) is 5.66. The zero-order chi connectivity index (χ0) is 12.0. The van der Waals surface area contributed by atoms with Crippen LogP contribution in [0.2, 0.25) is 5.02 Å². The van der Waals surface area contributed by atoms with Crippen molar-refractivity contribution < 1.29 is 4.74 Å². The fourth-order valence-corrected chi connectivity index (χ4v) is 1.64. The van der Waals surface area contributed by atoms with E-state index >= 15 is 0 Å². The van der Waals surface area contributed by atoms with E-state index in [9.17, 15) is 0 Å². The van der Waals surface area contributed by atoms with Crippen molar-refractivity contribution in [3.05, 3.63) is 29.3 Å². The normalized spacial score (nSPS) is 12.8. The average Bonchev–Trinajstić information content (AvgIpc) is 2.26. The van der Waals surface area contributed by atoms with Gasteiger partial charge in [-0.25, -0.2) is 0 Å². The summed E-state index contributed by atoms with van der Waals surface area (Å²) in [5.74, 6) is 0.735. The summed E-state index contributed by atoms with van der Waals surface area (Å²) in [5, 5.41) is 0.650. The number of nitrogens with zero attached hydrogens (tertiary/aromatic N) is 1. The Balaban J connectivity index is 2.38. The molecule has 1 unspecified atom stereocenters. The summed E-state index contributed by atoms with van der Waals surface area (Å²) < 4.78 is 5.61. The van der Waals surface area contributed by atoms with Crippen LogP contribution in [0.5, 0.6) is 5.75 Å². The molecule has 0 heterocycles. The molecule has 0 aromatic heterocycles. The van der Waals surface area contributed by atoms with Gasteiger partial charge in [-0.1, -0.05) is 23.7 Å². The molecule has 0 aliphatic carbocycles. The molecule has 0 aliphatic rings. The van der Waals surface area contributed by atoms with Gasteiger partial charge in [0.1, 0.15) is 5.75 Å². The number of halogens is 1. The highest BCUT2D eigenvalue weighted by molar-refractivity contribution is 6.32. The molecule has 0 saturated carbocycles. The lowest BCUT2D eigenvalue weighted by atomic mass is 10.2. The Morgan fingerprint density at radius 2 is 2.06 bits per heavy atom. The first-order chi connectivity index (χ1) is 7.65. The van der Waals surface area contributed by atoms with Crippen molar-refractivity contribution in [1.82, 2.24) is 4.90 Å². The largest absolute Gasteiger partial charge is 0.492 e. The van der Waals surface area contributed by atoms with Crippen molar-refractivity contribution in [1.29, 1.82) is 0 Å². The van der Waals surface area contributed by atoms with Crippen LogP contribution in [0.15, 0.2) is 24.3 Å². The third-order valence-electron chi connectivity index (χ3n) is 2.55. The molecule has 0 bridgehead atoms. The number of ether oxygens (including phenoxy) is 1. The fourth-order valence-electron chi connectivity index (χ4n) is 1.45. The van der Waals surface area contributed by atoms with E-state index in [4.69, 9.17) is 22.1 Å². The molecule has 0 spiro atoms. The van der Waals surface area contributed by atoms with Gasteiger partial charge >= 0.3 is 0 Å². The molecule has 3 nitrogen and oxygen atoms in total. The van der Waals surface area contributed by atoms with Crippen molar-refractivity contribution in [2.24, 2.45) is 5.73 Å². The van der Waals surface area contributed by atoms with Gasteiger partial charge in [-0.15, -0.1) is 0 Å². The number of likely N-dealkylation sites (N-methyl/N-ethyl adjacent to an activating group) is 1. The minimum Gasteiger partial charge on any atom is -0.492 e. The molecule has 90 valence electrons. The summed E-state index contributed by atoms with van der Waals surface area (Å²) >= 11 is 5.98. The van der Waals surface area contributed by atoms with Crippen LogP contribution in [0.3, 0.4) is 0 Å². The first-order valence-electron chi connectivity index (χ1n) is 5.39. The average molecular weight is 243 g/mol. The predicted molar refractivity (Wildman–Crippen MR) is 68.1 cm³/mol. The monoisotopic (exact) mass is 242 g/mol. The first-order valence-corrected chi connectivity index (χ1v) is 5.76. The van der Waals surface area contributed by atoms with Crippen molar-refractivity contribution in [3.8, 4) is 5.75 Å². The van der Waals surface area contributed by atoms with E-state index in [2.05, 4.69) is 4.90 Å². The van der Waals surface area contributed by atoms with Gasteiger partial charge in [-0.05, 0) is 32.6 Å². The Labute approximate surface area is 102 Å². The van der Waals surface area contributed by atoms with Crippen molar-refractivity contribution in [2.75, 3.05) is 27.2 Å². The Morgan fingerprint density at radius 3 is 2.62 bits per heavy atom. The highest BCUT2D eigenvalue weighted by Gasteiger charge is 2.09. The lowest BCUT2D eigenvalue weighted by Gasteiger charge is -2.22. The van der Waals surface area contributed by atoms with Gasteiger partial charge in [-0.3, -0.25) is 0 Å². The van der Waals surface area contributed by atoms with Crippen LogP contribution in [0.25, 0.3) is 0 Å². The van der Waals surface area contributed by atoms with Crippen molar-refractivity contribution in [3.63, 3.8) is 0 Å². The highest BCUT2D eigenvalue weighted by atomic mass is 35.5. The second-order valence-electron chi connectivity index (χ2n) is 3.92. The lowest BCUT2D eigenvalue weighted by molar-refractivity contribution is 0.225. The molecular formula is C12H19ClN2O. The molecule has 0 amide bonds. The van der Waals surface area contributed by atoms with E-state index in [-0.39, 0.29) is 0 Å². The maximum atomic E-state index is 5.98. The Kier molecular flexibility index (Phi) is 5.60. The summed E-state index contributed by atoms with van der Waals surface area (Å²) in [6.07, 6.45) is 0.898. The van der Waals surface area contributed by atoms with Crippen LogP contribution >= 0.6 is 11.6 Å². The standard InChI is InChI=1S/C12H19ClN2O/c1-15(2)10(9-14)7-8-16-12-6-4-3-5-11(12)13/h3-6,10H,7-9,14H2,1-2H3. The minimum atomic E-state index is 0.350. The molecule has 0 fully saturated rings. The summed E-state index contributed by atoms with van der Waals surface area (Å²) in [6, 6.07) is 7.84. The highest BCUT2D eigenvalue weighted by Crippen LogP contribution is 2.23. The van der Waals surface area contributed by atoms with Crippen LogP contribution in [-0.4, -0.2) is 38.2 Å². The zero-order valence-electron chi connectivity index (χ0n) is 9.82. The van der Waals surface area contributed by atoms with Crippen LogP contribution in [0.1, 0.15) is 6.42 Å². The second-order valence-corrected chi connectivity index (χ2v) is 4.33. The number of para-hydroxylation sites is 1. The molecule has 4 heteroatoms. The van der Waals surface area contributed by atoms with Gasteiger partial charge < -0.3 is 15.4 Å². The summed E-state index contributed by atoms with van der Waals surface area (Å²) in [7, 11) is 4.04. The van der Waals surface area contributed by atoms with Gasteiger partial charge in [0.15, 0.2) is 0 Å². The van der Waals surface area contributed by atoms with Crippen LogP contribution in [-0.2, 0) is 0 Å². The molecular weight excluding hydrogens is 224 g/mol. The molecule has 0 aliphatic heterocycles. The second kappa shape index (κ2) is 6.74. The van der Waals surface area contributed by atoms with Gasteiger partial charge in [0.2, 0.25) is 0 Å². The molecule has 1 aromatic carbocycles. The van der Waals surface area contributed by atoms with E-state index in [1.54, 1.807) is 0 Å². The molecule has 1 rings (SSSR count). The third-order valence-corrected chi connectivity index (χ3v) is 2.86. The van der Waals surface area contributed by atoms with Crippen LogP contribution in [0.4, 0.5) is 0 Å². The van der Waals surface area contributed by atoms with Gasteiger partial charge in [0, 0.05) is 12.6 Å². The molecule has 1 aromatic rings. The Hall–Kier alpha value is -0.770. The van der Waals surface area contributed by atoms with Crippen molar-refractivity contribution >= 4 is 11.6 Å². The zero-order valence-corrected chi connectivity index (χ0v) is 10.6. The quantitative estimate of drug-likeness (QED) is 0.829. The maximum absolute atomic E-state index is 5.98. The number of rotatable bonds is 6. The van der Waals surface area contributed by atoms with Crippen molar-refractivity contribution in [2.45, 2.75) is 12.5 Å². The van der Waals surface area contributed by atoms with E-state index in [0.717, 1.165) is 12.2 Å². The summed E-state index contributed by atoms with van der Waals surface area (Å²) in [4.78, 5) is 2.11. The Morgan fingerprint density at radius 1 is 1.38 bits per heavy atom. The smallest absolute Gasteiger partial charge is 0.137 e. The number of hydrogen-bond donors (Lipinski definition) is 1.